The Hall–Kier alpha value is -3.92. The highest BCUT2D eigenvalue weighted by molar-refractivity contribution is 5.88. The number of benzene rings is 2. The largest absolute Gasteiger partial charge is 0.497 e. The van der Waals surface area contributed by atoms with E-state index < -0.39 is 11.7 Å². The van der Waals surface area contributed by atoms with Crippen molar-refractivity contribution in [3.63, 3.8) is 0 Å². The average Bonchev–Trinajstić information content (AvgIpc) is 3.12. The highest BCUT2D eigenvalue weighted by atomic mass is 19.1. The van der Waals surface area contributed by atoms with Crippen LogP contribution in [-0.2, 0) is 11.3 Å². The van der Waals surface area contributed by atoms with Crippen LogP contribution in [0.3, 0.4) is 0 Å². The number of methoxy groups -OCH3 is 1. The van der Waals surface area contributed by atoms with Crippen molar-refractivity contribution in [1.82, 2.24) is 4.57 Å². The van der Waals surface area contributed by atoms with Crippen molar-refractivity contribution in [2.24, 2.45) is 5.73 Å². The Morgan fingerprint density at radius 2 is 1.90 bits per heavy atom. The molecular weight excluding hydrogens is 385 g/mol. The van der Waals surface area contributed by atoms with Gasteiger partial charge in [-0.3, -0.25) is 9.59 Å². The van der Waals surface area contributed by atoms with Gasteiger partial charge in [0.25, 0.3) is 0 Å². The molecule has 30 heavy (non-hydrogen) atoms. The van der Waals surface area contributed by atoms with Crippen LogP contribution < -0.4 is 10.5 Å². The summed E-state index contributed by atoms with van der Waals surface area (Å²) in [6.07, 6.45) is 1.36. The first kappa shape index (κ1) is 20.8. The van der Waals surface area contributed by atoms with Crippen LogP contribution in [0.2, 0.25) is 0 Å². The van der Waals surface area contributed by atoms with Crippen LogP contribution in [0, 0.1) is 17.1 Å². The molecule has 6 nitrogen and oxygen atoms in total. The normalized spacial score (nSPS) is 10.4. The number of amides is 1. The number of aromatic nitrogens is 1. The molecule has 0 saturated heterocycles. The van der Waals surface area contributed by atoms with Gasteiger partial charge in [0, 0.05) is 18.5 Å². The molecule has 0 saturated carbocycles. The number of primary amides is 1. The molecule has 2 aromatic carbocycles. The molecule has 1 heterocycles. The summed E-state index contributed by atoms with van der Waals surface area (Å²) in [7, 11) is 1.57. The predicted molar refractivity (Wildman–Crippen MR) is 110 cm³/mol. The third-order valence-electron chi connectivity index (χ3n) is 4.82. The van der Waals surface area contributed by atoms with Gasteiger partial charge in [-0.25, -0.2) is 4.39 Å². The quantitative estimate of drug-likeness (QED) is 0.574. The van der Waals surface area contributed by atoms with Gasteiger partial charge < -0.3 is 15.0 Å². The van der Waals surface area contributed by atoms with Crippen molar-refractivity contribution in [2.45, 2.75) is 19.4 Å². The van der Waals surface area contributed by atoms with Crippen molar-refractivity contribution in [3.05, 3.63) is 65.6 Å². The van der Waals surface area contributed by atoms with Crippen molar-refractivity contribution >= 4 is 12.2 Å². The Bertz CT molecular complexity index is 1130. The lowest BCUT2D eigenvalue weighted by Gasteiger charge is -2.14. The zero-order chi connectivity index (χ0) is 21.7. The zero-order valence-electron chi connectivity index (χ0n) is 16.4. The summed E-state index contributed by atoms with van der Waals surface area (Å²) in [6.45, 7) is 0.386. The summed E-state index contributed by atoms with van der Waals surface area (Å²) < 4.78 is 21.3. The van der Waals surface area contributed by atoms with Gasteiger partial charge in [-0.2, -0.15) is 5.26 Å². The van der Waals surface area contributed by atoms with Gasteiger partial charge in [-0.15, -0.1) is 0 Å². The minimum Gasteiger partial charge on any atom is -0.497 e. The molecule has 0 aliphatic heterocycles. The molecule has 7 heteroatoms. The van der Waals surface area contributed by atoms with Gasteiger partial charge in [0.2, 0.25) is 5.91 Å². The Balaban J connectivity index is 2.18. The van der Waals surface area contributed by atoms with Crippen LogP contribution in [0.4, 0.5) is 4.39 Å². The van der Waals surface area contributed by atoms with Gasteiger partial charge in [0.1, 0.15) is 17.6 Å². The average molecular weight is 405 g/mol. The zero-order valence-corrected chi connectivity index (χ0v) is 16.4. The maximum Gasteiger partial charge on any atom is 0.217 e. The number of aldehydes is 1. The summed E-state index contributed by atoms with van der Waals surface area (Å²) in [5.74, 6) is -0.382. The molecule has 1 amide bonds. The highest BCUT2D eigenvalue weighted by Gasteiger charge is 2.19. The second-order valence-electron chi connectivity index (χ2n) is 6.71. The molecule has 152 valence electrons. The van der Waals surface area contributed by atoms with Crippen molar-refractivity contribution < 1.29 is 18.7 Å². The van der Waals surface area contributed by atoms with Crippen LogP contribution in [-0.4, -0.2) is 23.9 Å². The number of rotatable bonds is 8. The molecule has 0 spiro atoms. The summed E-state index contributed by atoms with van der Waals surface area (Å²) in [4.78, 5) is 22.9. The van der Waals surface area contributed by atoms with E-state index in [1.807, 2.05) is 12.1 Å². The molecule has 0 aliphatic carbocycles. The van der Waals surface area contributed by atoms with E-state index in [2.05, 4.69) is 0 Å². The van der Waals surface area contributed by atoms with Crippen molar-refractivity contribution in [1.29, 1.82) is 5.26 Å². The lowest BCUT2D eigenvalue weighted by Crippen LogP contribution is -2.12. The third-order valence-corrected chi connectivity index (χ3v) is 4.82. The maximum absolute atomic E-state index is 14.3. The minimum atomic E-state index is -0.634. The smallest absolute Gasteiger partial charge is 0.217 e. The number of halogens is 1. The van der Waals surface area contributed by atoms with Gasteiger partial charge >= 0.3 is 0 Å². The molecule has 2 N–H and O–H groups in total. The van der Waals surface area contributed by atoms with E-state index >= 15 is 0 Å². The fourth-order valence-corrected chi connectivity index (χ4v) is 3.37. The van der Waals surface area contributed by atoms with E-state index in [0.717, 1.165) is 11.8 Å². The predicted octanol–water partition coefficient (Wildman–Crippen LogP) is 3.92. The number of carbonyl (C=O) groups is 2. The number of hydrogen-bond acceptors (Lipinski definition) is 4. The molecule has 0 atom stereocenters. The van der Waals surface area contributed by atoms with Crippen LogP contribution >= 0.6 is 0 Å². The lowest BCUT2D eigenvalue weighted by molar-refractivity contribution is -0.118. The first-order valence-electron chi connectivity index (χ1n) is 9.30. The number of nitrogens with two attached hydrogens (primary N) is 1. The number of carbonyl (C=O) groups excluding carboxylic acids is 2. The minimum absolute atomic E-state index is 0.0544. The summed E-state index contributed by atoms with van der Waals surface area (Å²) in [6, 6.07) is 15.1. The number of ether oxygens (including phenoxy) is 1. The molecule has 1 aromatic heterocycles. The Labute approximate surface area is 173 Å². The van der Waals surface area contributed by atoms with E-state index in [1.54, 1.807) is 42.0 Å². The Morgan fingerprint density at radius 1 is 1.20 bits per heavy atom. The fraction of sp³-hybridized carbons (Fsp3) is 0.174. The molecule has 3 rings (SSSR count). The maximum atomic E-state index is 14.3. The van der Waals surface area contributed by atoms with Crippen LogP contribution in [0.25, 0.3) is 22.4 Å². The van der Waals surface area contributed by atoms with E-state index in [4.69, 9.17) is 15.7 Å². The molecular formula is C23H20FN3O3. The van der Waals surface area contributed by atoms with E-state index in [1.165, 1.54) is 12.1 Å². The summed E-state index contributed by atoms with van der Waals surface area (Å²) in [5, 5.41) is 9.00. The van der Waals surface area contributed by atoms with Crippen LogP contribution in [0.15, 0.2) is 48.5 Å². The lowest BCUT2D eigenvalue weighted by atomic mass is 10.00. The van der Waals surface area contributed by atoms with E-state index in [9.17, 15) is 14.0 Å². The molecule has 0 radical (unpaired) electrons. The van der Waals surface area contributed by atoms with E-state index in [-0.39, 0.29) is 12.0 Å². The van der Waals surface area contributed by atoms with Gasteiger partial charge in [0.05, 0.1) is 24.1 Å². The standard InChI is InChI=1S/C23H20FN3O3/c1-30-19-8-6-15(7-9-19)23-20(16-4-5-17(13-25)21(24)11-16)12-18(14-28)27(23)10-2-3-22(26)29/h4-9,11-12,14H,2-3,10H2,1H3,(H2,26,29). The van der Waals surface area contributed by atoms with Crippen LogP contribution in [0.5, 0.6) is 5.75 Å². The molecule has 3 aromatic rings. The van der Waals surface area contributed by atoms with Gasteiger partial charge in [-0.05, 0) is 60.0 Å². The SMILES string of the molecule is COc1ccc(-c2c(-c3ccc(C#N)c(F)c3)cc(C=O)n2CCCC(N)=O)cc1. The molecule has 0 unspecified atom stereocenters. The summed E-state index contributed by atoms with van der Waals surface area (Å²) in [5.41, 5.74) is 8.26. The second kappa shape index (κ2) is 9.05. The second-order valence-corrected chi connectivity index (χ2v) is 6.71. The fourth-order valence-electron chi connectivity index (χ4n) is 3.37. The molecule has 0 bridgehead atoms. The number of nitrogens with zero attached hydrogens (tertiary/aromatic N) is 2. The number of nitriles is 1. The summed E-state index contributed by atoms with van der Waals surface area (Å²) >= 11 is 0. The number of hydrogen-bond donors (Lipinski definition) is 1. The molecule has 0 aliphatic rings. The first-order valence-corrected chi connectivity index (χ1v) is 9.30. The highest BCUT2D eigenvalue weighted by Crippen LogP contribution is 2.36. The Morgan fingerprint density at radius 3 is 2.47 bits per heavy atom. The van der Waals surface area contributed by atoms with Crippen LogP contribution in [0.1, 0.15) is 28.9 Å². The first-order chi connectivity index (χ1) is 14.5. The van der Waals surface area contributed by atoms with E-state index in [0.29, 0.717) is 41.2 Å². The van der Waals surface area contributed by atoms with Crippen molar-refractivity contribution in [3.8, 4) is 34.2 Å². The van der Waals surface area contributed by atoms with Gasteiger partial charge in [0.15, 0.2) is 6.29 Å². The third kappa shape index (κ3) is 4.23. The molecule has 0 fully saturated rings. The Kier molecular flexibility index (Phi) is 6.28. The van der Waals surface area contributed by atoms with Crippen molar-refractivity contribution in [2.75, 3.05) is 7.11 Å². The topological polar surface area (TPSA) is 98.1 Å². The van der Waals surface area contributed by atoms with Gasteiger partial charge in [-0.1, -0.05) is 6.07 Å². The monoisotopic (exact) mass is 405 g/mol.